The molecule has 4 rings (SSSR count). The number of carbonyl (C=O) groups excluding carboxylic acids is 3. The number of likely N-dealkylation sites (N-methyl/N-ethyl adjacent to an activating group) is 1. The van der Waals surface area contributed by atoms with Crippen LogP contribution in [0.25, 0.3) is 0 Å². The number of hydrogen-bond donors (Lipinski definition) is 2. The second-order valence-corrected chi connectivity index (χ2v) is 8.98. The molecule has 1 heterocycles. The Kier molecular flexibility index (Phi) is 8.14. The third-order valence-electron chi connectivity index (χ3n) is 6.71. The molecule has 2 bridgehead atoms. The van der Waals surface area contributed by atoms with E-state index in [4.69, 9.17) is 0 Å². The van der Waals surface area contributed by atoms with Crippen molar-refractivity contribution in [1.29, 1.82) is 0 Å². The summed E-state index contributed by atoms with van der Waals surface area (Å²) in [6.45, 7) is 2.66. The number of guanidine groups is 1. The molecule has 5 unspecified atom stereocenters. The Bertz CT molecular complexity index is 919. The summed E-state index contributed by atoms with van der Waals surface area (Å²) in [5.41, 5.74) is 1.08. The number of fused-ring (bicyclic) bond motifs is 5. The van der Waals surface area contributed by atoms with Gasteiger partial charge in [0.25, 0.3) is 0 Å². The predicted octanol–water partition coefficient (Wildman–Crippen LogP) is 1.80. The smallest absolute Gasteiger partial charge is 0.243 e. The summed E-state index contributed by atoms with van der Waals surface area (Å²) in [4.78, 5) is 45.0. The number of amides is 3. The molecule has 1 aliphatic heterocycles. The van der Waals surface area contributed by atoms with Crippen LogP contribution in [0.3, 0.4) is 0 Å². The van der Waals surface area contributed by atoms with Gasteiger partial charge in [-0.3, -0.25) is 19.3 Å². The quantitative estimate of drug-likeness (QED) is 0.173. The van der Waals surface area contributed by atoms with Crippen molar-refractivity contribution >= 4 is 47.7 Å². The summed E-state index contributed by atoms with van der Waals surface area (Å²) in [5.74, 6) is 0.316. The minimum absolute atomic E-state index is 0. The average Bonchev–Trinajstić information content (AvgIpc) is 3.47. The molecule has 1 aromatic rings. The van der Waals surface area contributed by atoms with Gasteiger partial charge in [0, 0.05) is 27.2 Å². The molecular formula is C24H32IN5O3. The Hall–Kier alpha value is -2.43. The molecular weight excluding hydrogens is 533 g/mol. The van der Waals surface area contributed by atoms with Gasteiger partial charge in [0.15, 0.2) is 5.96 Å². The van der Waals surface area contributed by atoms with Crippen molar-refractivity contribution in [3.8, 4) is 0 Å². The van der Waals surface area contributed by atoms with Gasteiger partial charge >= 0.3 is 0 Å². The van der Waals surface area contributed by atoms with E-state index in [1.54, 1.807) is 14.1 Å². The summed E-state index contributed by atoms with van der Waals surface area (Å²) in [7, 11) is 3.38. The van der Waals surface area contributed by atoms with Crippen LogP contribution in [0.1, 0.15) is 24.9 Å². The third-order valence-corrected chi connectivity index (χ3v) is 6.71. The first-order valence-corrected chi connectivity index (χ1v) is 11.2. The van der Waals surface area contributed by atoms with Crippen LogP contribution in [-0.4, -0.2) is 67.2 Å². The second kappa shape index (κ2) is 10.7. The van der Waals surface area contributed by atoms with Crippen molar-refractivity contribution in [2.45, 2.75) is 19.4 Å². The molecule has 2 N–H and O–H groups in total. The second-order valence-electron chi connectivity index (χ2n) is 8.98. The molecule has 3 amide bonds. The number of imide groups is 1. The minimum Gasteiger partial charge on any atom is -0.355 e. The van der Waals surface area contributed by atoms with Crippen molar-refractivity contribution in [2.24, 2.45) is 28.7 Å². The first-order chi connectivity index (χ1) is 15.4. The van der Waals surface area contributed by atoms with Crippen molar-refractivity contribution in [3.05, 3.63) is 48.0 Å². The highest BCUT2D eigenvalue weighted by molar-refractivity contribution is 14.0. The van der Waals surface area contributed by atoms with E-state index in [-0.39, 0.29) is 84.5 Å². The Morgan fingerprint density at radius 2 is 1.73 bits per heavy atom. The van der Waals surface area contributed by atoms with Gasteiger partial charge in [-0.25, -0.2) is 4.99 Å². The number of nitrogens with one attached hydrogen (secondary N) is 2. The first-order valence-electron chi connectivity index (χ1n) is 11.2. The van der Waals surface area contributed by atoms with Crippen LogP contribution >= 0.6 is 24.0 Å². The van der Waals surface area contributed by atoms with Crippen LogP contribution in [0.2, 0.25) is 0 Å². The van der Waals surface area contributed by atoms with Gasteiger partial charge in [-0.05, 0) is 30.7 Å². The van der Waals surface area contributed by atoms with E-state index in [9.17, 15) is 14.4 Å². The number of hydrogen-bond acceptors (Lipinski definition) is 4. The molecule has 33 heavy (non-hydrogen) atoms. The first kappa shape index (κ1) is 25.2. The molecule has 0 radical (unpaired) electrons. The molecule has 0 aromatic heterocycles. The predicted molar refractivity (Wildman–Crippen MR) is 137 cm³/mol. The lowest BCUT2D eigenvalue weighted by molar-refractivity contribution is -0.140. The van der Waals surface area contributed by atoms with E-state index < -0.39 is 0 Å². The van der Waals surface area contributed by atoms with Gasteiger partial charge in [0.1, 0.15) is 6.54 Å². The van der Waals surface area contributed by atoms with Crippen LogP contribution < -0.4 is 10.6 Å². The molecule has 1 aromatic carbocycles. The van der Waals surface area contributed by atoms with E-state index in [1.807, 2.05) is 37.3 Å². The molecule has 1 saturated carbocycles. The van der Waals surface area contributed by atoms with Crippen molar-refractivity contribution in [1.82, 2.24) is 20.4 Å². The van der Waals surface area contributed by atoms with Crippen molar-refractivity contribution in [2.75, 3.05) is 33.7 Å². The molecule has 2 aliphatic carbocycles. The van der Waals surface area contributed by atoms with Crippen LogP contribution in [0.5, 0.6) is 0 Å². The fourth-order valence-corrected chi connectivity index (χ4v) is 4.94. The maximum atomic E-state index is 12.9. The van der Waals surface area contributed by atoms with Gasteiger partial charge in [-0.2, -0.15) is 0 Å². The largest absolute Gasteiger partial charge is 0.355 e. The number of nitrogens with zero attached hydrogens (tertiary/aromatic N) is 3. The number of aliphatic imine (C=N–C) groups is 1. The average molecular weight is 565 g/mol. The third kappa shape index (κ3) is 5.23. The Balaban J connectivity index is 0.00000306. The molecule has 9 heteroatoms. The van der Waals surface area contributed by atoms with Gasteiger partial charge in [-0.15, -0.1) is 24.0 Å². The number of rotatable bonds is 7. The summed E-state index contributed by atoms with van der Waals surface area (Å²) in [6.07, 6.45) is 5.12. The van der Waals surface area contributed by atoms with Crippen LogP contribution in [0, 0.1) is 23.7 Å². The summed E-state index contributed by atoms with van der Waals surface area (Å²) >= 11 is 0. The lowest BCUT2D eigenvalue weighted by Crippen LogP contribution is -2.44. The fraction of sp³-hybridized carbons (Fsp3) is 0.500. The normalized spacial score (nSPS) is 26.2. The lowest BCUT2D eigenvalue weighted by Gasteiger charge is -2.21. The van der Waals surface area contributed by atoms with Crippen molar-refractivity contribution < 1.29 is 14.4 Å². The van der Waals surface area contributed by atoms with E-state index in [0.29, 0.717) is 12.5 Å². The molecule has 5 atom stereocenters. The van der Waals surface area contributed by atoms with E-state index in [2.05, 4.69) is 27.8 Å². The highest BCUT2D eigenvalue weighted by Gasteiger charge is 2.58. The standard InChI is InChI=1S/C24H31N5O3.HI/c1-15(16-7-5-4-6-8-16)27-24(26-14-19(30)28(2)3)25-11-12-29-22(31)20-17-9-10-18(13-17)21(20)23(29)32;/h4-10,15,17-18,20-21H,11-14H2,1-3H3,(H2,25,26,27);1H. The van der Waals surface area contributed by atoms with E-state index in [0.717, 1.165) is 12.0 Å². The summed E-state index contributed by atoms with van der Waals surface area (Å²) in [5, 5.41) is 6.50. The topological polar surface area (TPSA) is 94.1 Å². The van der Waals surface area contributed by atoms with Gasteiger partial charge in [-0.1, -0.05) is 42.5 Å². The van der Waals surface area contributed by atoms with Crippen LogP contribution in [-0.2, 0) is 14.4 Å². The molecule has 8 nitrogen and oxygen atoms in total. The zero-order valence-electron chi connectivity index (χ0n) is 19.2. The molecule has 2 fully saturated rings. The fourth-order valence-electron chi connectivity index (χ4n) is 4.94. The molecule has 178 valence electrons. The number of carbonyl (C=O) groups is 3. The Morgan fingerprint density at radius 3 is 2.30 bits per heavy atom. The SMILES string of the molecule is CC(NC(=NCC(=O)N(C)C)NCCN1C(=O)C2C3C=CC(C3)C2C1=O)c1ccccc1.I. The zero-order chi connectivity index (χ0) is 22.8. The van der Waals surface area contributed by atoms with Gasteiger partial charge in [0.2, 0.25) is 17.7 Å². The summed E-state index contributed by atoms with van der Waals surface area (Å²) < 4.78 is 0. The highest BCUT2D eigenvalue weighted by atomic mass is 127. The van der Waals surface area contributed by atoms with Gasteiger partial charge < -0.3 is 15.5 Å². The number of likely N-dealkylation sites (tertiary alicyclic amines) is 1. The van der Waals surface area contributed by atoms with Crippen LogP contribution in [0.4, 0.5) is 0 Å². The maximum absolute atomic E-state index is 12.9. The number of allylic oxidation sites excluding steroid dienone is 2. The summed E-state index contributed by atoms with van der Waals surface area (Å²) in [6, 6.07) is 9.90. The van der Waals surface area contributed by atoms with Gasteiger partial charge in [0.05, 0.1) is 17.9 Å². The maximum Gasteiger partial charge on any atom is 0.243 e. The van der Waals surface area contributed by atoms with Crippen LogP contribution in [0.15, 0.2) is 47.5 Å². The molecule has 3 aliphatic rings. The Morgan fingerprint density at radius 1 is 1.12 bits per heavy atom. The monoisotopic (exact) mass is 565 g/mol. The van der Waals surface area contributed by atoms with E-state index in [1.165, 1.54) is 9.80 Å². The number of halogens is 1. The molecule has 1 saturated heterocycles. The zero-order valence-corrected chi connectivity index (χ0v) is 21.6. The minimum atomic E-state index is -0.181. The van der Waals surface area contributed by atoms with E-state index >= 15 is 0 Å². The number of benzene rings is 1. The van der Waals surface area contributed by atoms with Crippen molar-refractivity contribution in [3.63, 3.8) is 0 Å². The highest BCUT2D eigenvalue weighted by Crippen LogP contribution is 2.52. The Labute approximate surface area is 211 Å². The lowest BCUT2D eigenvalue weighted by atomic mass is 9.85. The molecule has 0 spiro atoms.